The molecule has 3 N–H and O–H groups in total. The SMILES string of the molecule is Nc1nonc1-c1nc(-c2ccccc2)c(-c2ccccc2)[nH]1. The molecule has 0 fully saturated rings. The van der Waals surface area contributed by atoms with E-state index in [2.05, 4.69) is 24.9 Å². The Labute approximate surface area is 132 Å². The summed E-state index contributed by atoms with van der Waals surface area (Å²) in [6.07, 6.45) is 0. The highest BCUT2D eigenvalue weighted by Crippen LogP contribution is 2.33. The first-order valence-electron chi connectivity index (χ1n) is 7.12. The zero-order valence-corrected chi connectivity index (χ0v) is 12.1. The van der Waals surface area contributed by atoms with Gasteiger partial charge < -0.3 is 10.7 Å². The average molecular weight is 303 g/mol. The fraction of sp³-hybridized carbons (Fsp3) is 0. The van der Waals surface area contributed by atoms with Gasteiger partial charge in [0.15, 0.2) is 17.3 Å². The van der Waals surface area contributed by atoms with Crippen LogP contribution in [0.3, 0.4) is 0 Å². The smallest absolute Gasteiger partial charge is 0.199 e. The zero-order chi connectivity index (χ0) is 15.6. The summed E-state index contributed by atoms with van der Waals surface area (Å²) in [4.78, 5) is 7.95. The predicted octanol–water partition coefficient (Wildman–Crippen LogP) is 3.38. The Morgan fingerprint density at radius 2 is 1.43 bits per heavy atom. The number of nitrogens with two attached hydrogens (primary N) is 1. The van der Waals surface area contributed by atoms with Gasteiger partial charge >= 0.3 is 0 Å². The third-order valence-corrected chi connectivity index (χ3v) is 3.55. The van der Waals surface area contributed by atoms with Crippen molar-refractivity contribution >= 4 is 5.82 Å². The molecule has 0 saturated carbocycles. The molecule has 0 aliphatic rings. The van der Waals surface area contributed by atoms with E-state index in [4.69, 9.17) is 5.73 Å². The summed E-state index contributed by atoms with van der Waals surface area (Å²) in [6, 6.07) is 19.9. The molecular formula is C17H13N5O. The highest BCUT2D eigenvalue weighted by Gasteiger charge is 2.19. The summed E-state index contributed by atoms with van der Waals surface area (Å²) in [5.41, 5.74) is 9.95. The van der Waals surface area contributed by atoms with Gasteiger partial charge in [-0.2, -0.15) is 0 Å². The van der Waals surface area contributed by atoms with Gasteiger partial charge in [0.2, 0.25) is 0 Å². The number of anilines is 1. The molecule has 0 bridgehead atoms. The van der Waals surface area contributed by atoms with Crippen molar-refractivity contribution in [3.8, 4) is 34.0 Å². The highest BCUT2D eigenvalue weighted by atomic mass is 16.6. The van der Waals surface area contributed by atoms with E-state index in [0.717, 1.165) is 22.5 Å². The van der Waals surface area contributed by atoms with Gasteiger partial charge in [-0.15, -0.1) is 0 Å². The molecule has 0 amide bonds. The minimum Gasteiger partial charge on any atom is -0.379 e. The van der Waals surface area contributed by atoms with Crippen molar-refractivity contribution in [2.45, 2.75) is 0 Å². The lowest BCUT2D eigenvalue weighted by Gasteiger charge is -2.02. The molecule has 0 unspecified atom stereocenters. The van der Waals surface area contributed by atoms with Crippen LogP contribution in [-0.2, 0) is 0 Å². The topological polar surface area (TPSA) is 93.6 Å². The number of hydrogen-bond donors (Lipinski definition) is 2. The van der Waals surface area contributed by atoms with Gasteiger partial charge in [-0.25, -0.2) is 9.61 Å². The lowest BCUT2D eigenvalue weighted by atomic mass is 10.1. The van der Waals surface area contributed by atoms with Crippen LogP contribution in [0.4, 0.5) is 5.82 Å². The van der Waals surface area contributed by atoms with Crippen molar-refractivity contribution in [2.24, 2.45) is 0 Å². The van der Waals surface area contributed by atoms with Crippen LogP contribution in [0.1, 0.15) is 0 Å². The van der Waals surface area contributed by atoms with Crippen LogP contribution in [0.2, 0.25) is 0 Å². The Balaban J connectivity index is 1.93. The summed E-state index contributed by atoms with van der Waals surface area (Å²) < 4.78 is 4.68. The molecule has 0 aliphatic heterocycles. The van der Waals surface area contributed by atoms with Crippen LogP contribution < -0.4 is 5.73 Å². The van der Waals surface area contributed by atoms with E-state index in [0.29, 0.717) is 11.5 Å². The van der Waals surface area contributed by atoms with E-state index in [1.165, 1.54) is 0 Å². The van der Waals surface area contributed by atoms with Gasteiger partial charge in [-0.1, -0.05) is 60.7 Å². The van der Waals surface area contributed by atoms with E-state index in [9.17, 15) is 0 Å². The molecule has 0 radical (unpaired) electrons. The van der Waals surface area contributed by atoms with Crippen molar-refractivity contribution in [3.05, 3.63) is 60.7 Å². The lowest BCUT2D eigenvalue weighted by Crippen LogP contribution is -1.90. The molecule has 0 atom stereocenters. The Kier molecular flexibility index (Phi) is 3.12. The van der Waals surface area contributed by atoms with Crippen LogP contribution in [0.25, 0.3) is 34.0 Å². The van der Waals surface area contributed by atoms with E-state index in [1.807, 2.05) is 60.7 Å². The van der Waals surface area contributed by atoms with Crippen molar-refractivity contribution in [1.82, 2.24) is 20.3 Å². The minimum absolute atomic E-state index is 0.206. The van der Waals surface area contributed by atoms with Crippen molar-refractivity contribution in [2.75, 3.05) is 5.73 Å². The third-order valence-electron chi connectivity index (χ3n) is 3.55. The van der Waals surface area contributed by atoms with E-state index < -0.39 is 0 Å². The molecule has 23 heavy (non-hydrogen) atoms. The Bertz CT molecular complexity index is 871. The maximum Gasteiger partial charge on any atom is 0.199 e. The summed E-state index contributed by atoms with van der Waals surface area (Å²) in [5.74, 6) is 0.736. The number of H-pyrrole nitrogens is 1. The number of nitrogens with zero attached hydrogens (tertiary/aromatic N) is 3. The molecule has 2 aromatic heterocycles. The molecular weight excluding hydrogens is 290 g/mol. The van der Waals surface area contributed by atoms with E-state index in [-0.39, 0.29) is 5.82 Å². The second kappa shape index (κ2) is 5.42. The third kappa shape index (κ3) is 2.36. The Morgan fingerprint density at radius 3 is 2.04 bits per heavy atom. The summed E-state index contributed by atoms with van der Waals surface area (Å²) in [6.45, 7) is 0. The molecule has 0 spiro atoms. The molecule has 112 valence electrons. The first-order chi connectivity index (χ1) is 11.3. The molecule has 0 aliphatic carbocycles. The maximum absolute atomic E-state index is 5.78. The van der Waals surface area contributed by atoms with Crippen LogP contribution in [0, 0.1) is 0 Å². The minimum atomic E-state index is 0.206. The first kappa shape index (κ1) is 13.3. The number of benzene rings is 2. The summed E-state index contributed by atoms with van der Waals surface area (Å²) in [5, 5.41) is 7.43. The van der Waals surface area contributed by atoms with Gasteiger partial charge in [-0.05, 0) is 10.3 Å². The number of imidazole rings is 1. The Morgan fingerprint density at radius 1 is 0.783 bits per heavy atom. The number of nitrogen functional groups attached to an aromatic ring is 1. The second-order valence-corrected chi connectivity index (χ2v) is 5.04. The van der Waals surface area contributed by atoms with Gasteiger partial charge in [0.25, 0.3) is 0 Å². The summed E-state index contributed by atoms with van der Waals surface area (Å²) in [7, 11) is 0. The molecule has 4 rings (SSSR count). The number of aromatic nitrogens is 4. The van der Waals surface area contributed by atoms with E-state index in [1.54, 1.807) is 0 Å². The maximum atomic E-state index is 5.78. The van der Waals surface area contributed by atoms with Gasteiger partial charge in [0, 0.05) is 11.1 Å². The molecule has 2 heterocycles. The number of aromatic amines is 1. The quantitative estimate of drug-likeness (QED) is 0.605. The number of nitrogens with one attached hydrogen (secondary N) is 1. The normalized spacial score (nSPS) is 10.8. The van der Waals surface area contributed by atoms with Crippen molar-refractivity contribution in [3.63, 3.8) is 0 Å². The van der Waals surface area contributed by atoms with Crippen LogP contribution in [-0.4, -0.2) is 20.3 Å². The van der Waals surface area contributed by atoms with Crippen molar-refractivity contribution < 1.29 is 4.63 Å². The fourth-order valence-corrected chi connectivity index (χ4v) is 2.46. The fourth-order valence-electron chi connectivity index (χ4n) is 2.46. The monoisotopic (exact) mass is 303 g/mol. The molecule has 2 aromatic carbocycles. The van der Waals surface area contributed by atoms with Crippen LogP contribution in [0.5, 0.6) is 0 Å². The Hall–Kier alpha value is -3.41. The van der Waals surface area contributed by atoms with Crippen LogP contribution >= 0.6 is 0 Å². The van der Waals surface area contributed by atoms with Crippen molar-refractivity contribution in [1.29, 1.82) is 0 Å². The molecule has 6 heteroatoms. The predicted molar refractivity (Wildman–Crippen MR) is 87.2 cm³/mol. The lowest BCUT2D eigenvalue weighted by molar-refractivity contribution is 0.310. The zero-order valence-electron chi connectivity index (χ0n) is 12.1. The number of hydrogen-bond acceptors (Lipinski definition) is 5. The standard InChI is InChI=1S/C17H13N5O/c18-16-15(21-23-22-16)17-19-13(11-7-3-1-4-8-11)14(20-17)12-9-5-2-6-10-12/h1-10H,(H2,18,22)(H,19,20). The molecule has 0 saturated heterocycles. The largest absolute Gasteiger partial charge is 0.379 e. The van der Waals surface area contributed by atoms with Gasteiger partial charge in [-0.3, -0.25) is 0 Å². The average Bonchev–Trinajstić information content (AvgIpc) is 3.22. The van der Waals surface area contributed by atoms with Crippen LogP contribution in [0.15, 0.2) is 65.3 Å². The van der Waals surface area contributed by atoms with Gasteiger partial charge in [0.1, 0.15) is 0 Å². The second-order valence-electron chi connectivity index (χ2n) is 5.04. The molecule has 4 aromatic rings. The first-order valence-corrected chi connectivity index (χ1v) is 7.12. The molecule has 6 nitrogen and oxygen atoms in total. The summed E-state index contributed by atoms with van der Waals surface area (Å²) >= 11 is 0. The highest BCUT2D eigenvalue weighted by molar-refractivity contribution is 5.81. The number of rotatable bonds is 3. The van der Waals surface area contributed by atoms with Gasteiger partial charge in [0.05, 0.1) is 11.4 Å². The van der Waals surface area contributed by atoms with E-state index >= 15 is 0 Å².